The summed E-state index contributed by atoms with van der Waals surface area (Å²) in [7, 11) is 0. The molecule has 2 aromatic rings. The number of anilines is 1. The maximum Gasteiger partial charge on any atom is 0.353 e. The maximum absolute atomic E-state index is 12.8. The van der Waals surface area contributed by atoms with E-state index in [1.54, 1.807) is 6.92 Å². The molecule has 2 aliphatic rings. The molecule has 5 N–H and O–H groups in total. The molecule has 2 aliphatic heterocycles. The maximum atomic E-state index is 12.8. The van der Waals surface area contributed by atoms with Gasteiger partial charge in [0, 0.05) is 10.7 Å². The Morgan fingerprint density at radius 1 is 1.38 bits per heavy atom. The molecule has 0 spiro atoms. The van der Waals surface area contributed by atoms with E-state index >= 15 is 0 Å². The van der Waals surface area contributed by atoms with E-state index in [2.05, 4.69) is 25.7 Å². The minimum absolute atomic E-state index is 0.0451. The molecule has 1 fully saturated rings. The van der Waals surface area contributed by atoms with Crippen LogP contribution in [-0.2, 0) is 14.4 Å². The molecule has 0 aliphatic carbocycles. The van der Waals surface area contributed by atoms with Crippen LogP contribution in [0.3, 0.4) is 0 Å². The highest BCUT2D eigenvalue weighted by Gasteiger charge is 2.54. The Bertz CT molecular complexity index is 1190. The van der Waals surface area contributed by atoms with Gasteiger partial charge in [-0.3, -0.25) is 14.5 Å². The summed E-state index contributed by atoms with van der Waals surface area (Å²) in [6.45, 7) is 1.78. The van der Waals surface area contributed by atoms with E-state index in [0.717, 1.165) is 33.0 Å². The number of carbonyl (C=O) groups is 3. The molecule has 2 atom stereocenters. The van der Waals surface area contributed by atoms with Gasteiger partial charge in [0.15, 0.2) is 15.2 Å². The third-order valence-corrected chi connectivity index (χ3v) is 8.80. The predicted molar refractivity (Wildman–Crippen MR) is 120 cm³/mol. The number of aromatic nitrogens is 3. The summed E-state index contributed by atoms with van der Waals surface area (Å²) in [5.74, 6) is -2.48. The van der Waals surface area contributed by atoms with Gasteiger partial charge < -0.3 is 21.4 Å². The molecule has 0 aromatic carbocycles. The molecule has 0 radical (unpaired) electrons. The SMILES string of the molecule is Cc1nnc(SC2=C(C(=O)O)N3C(=O)[C@@H](NC(=O)/C(=N\O)c4nc(N)sc4Cl)[C@H]3SC2)s1. The summed E-state index contributed by atoms with van der Waals surface area (Å²) < 4.78 is 0.611. The van der Waals surface area contributed by atoms with Crippen molar-refractivity contribution in [1.29, 1.82) is 0 Å². The topological polar surface area (TPSA) is 184 Å². The minimum Gasteiger partial charge on any atom is -0.477 e. The van der Waals surface area contributed by atoms with Crippen molar-refractivity contribution in [2.45, 2.75) is 22.7 Å². The molecule has 17 heteroatoms. The average Bonchev–Trinajstić information content (AvgIpc) is 3.30. The Morgan fingerprint density at radius 3 is 2.69 bits per heavy atom. The van der Waals surface area contributed by atoms with E-state index in [0.29, 0.717) is 15.0 Å². The van der Waals surface area contributed by atoms with Gasteiger partial charge >= 0.3 is 5.97 Å². The number of hydrogen-bond acceptors (Lipinski definition) is 13. The molecule has 12 nitrogen and oxygen atoms in total. The highest BCUT2D eigenvalue weighted by atomic mass is 35.5. The van der Waals surface area contributed by atoms with Crippen LogP contribution >= 0.6 is 57.8 Å². The van der Waals surface area contributed by atoms with Crippen LogP contribution in [0.25, 0.3) is 0 Å². The largest absolute Gasteiger partial charge is 0.477 e. The van der Waals surface area contributed by atoms with Crippen LogP contribution < -0.4 is 11.1 Å². The molecule has 2 amide bonds. The number of thioether (sulfide) groups is 2. The second-order valence-electron chi connectivity index (χ2n) is 6.25. The summed E-state index contributed by atoms with van der Waals surface area (Å²) in [5, 5.41) is 32.4. The number of fused-ring (bicyclic) bond motifs is 1. The number of nitrogens with zero attached hydrogens (tertiary/aromatic N) is 5. The number of nitrogens with one attached hydrogen (secondary N) is 1. The first-order valence-electron chi connectivity index (χ1n) is 8.55. The van der Waals surface area contributed by atoms with Gasteiger partial charge in [-0.05, 0) is 6.92 Å². The number of halogens is 1. The van der Waals surface area contributed by atoms with Gasteiger partial charge in [0.25, 0.3) is 11.8 Å². The van der Waals surface area contributed by atoms with Crippen molar-refractivity contribution < 1.29 is 24.7 Å². The first-order valence-corrected chi connectivity index (χ1v) is 12.4. The molecule has 0 bridgehead atoms. The Labute approximate surface area is 200 Å². The van der Waals surface area contributed by atoms with Crippen molar-refractivity contribution in [3.8, 4) is 0 Å². The summed E-state index contributed by atoms with van der Waals surface area (Å²) >= 11 is 10.6. The molecule has 32 heavy (non-hydrogen) atoms. The van der Waals surface area contributed by atoms with Crippen LogP contribution in [0.15, 0.2) is 20.1 Å². The van der Waals surface area contributed by atoms with E-state index in [4.69, 9.17) is 17.3 Å². The predicted octanol–water partition coefficient (Wildman–Crippen LogP) is 1.21. The molecular weight excluding hydrogens is 522 g/mol. The van der Waals surface area contributed by atoms with Gasteiger partial charge in [0.05, 0.1) is 0 Å². The van der Waals surface area contributed by atoms with E-state index in [1.807, 2.05) is 0 Å². The van der Waals surface area contributed by atoms with E-state index < -0.39 is 34.9 Å². The molecule has 168 valence electrons. The van der Waals surface area contributed by atoms with Gasteiger partial charge in [-0.2, -0.15) is 0 Å². The quantitative estimate of drug-likeness (QED) is 0.181. The fourth-order valence-electron chi connectivity index (χ4n) is 2.97. The van der Waals surface area contributed by atoms with Crippen LogP contribution in [0, 0.1) is 6.92 Å². The number of carboxylic acid groups (broad SMARTS) is 1. The van der Waals surface area contributed by atoms with Gasteiger partial charge in [-0.1, -0.05) is 51.2 Å². The second-order valence-corrected chi connectivity index (χ2v) is 11.5. The smallest absolute Gasteiger partial charge is 0.353 e. The first kappa shape index (κ1) is 22.8. The molecule has 4 heterocycles. The number of nitrogens with two attached hydrogens (primary N) is 1. The lowest BCUT2D eigenvalue weighted by Gasteiger charge is -2.49. The number of rotatable bonds is 6. The summed E-state index contributed by atoms with van der Waals surface area (Å²) in [6, 6.07) is -1.02. The van der Waals surface area contributed by atoms with Crippen molar-refractivity contribution in [2.24, 2.45) is 5.16 Å². The van der Waals surface area contributed by atoms with Gasteiger partial charge in [0.2, 0.25) is 0 Å². The standard InChI is InChI=1S/C15H12ClN7O5S4/c1-3-20-21-15(30-3)31-4-2-29-12-7(11(25)23(12)8(4)13(26)27)18-10(24)6(22-28)5-9(16)32-14(17)19-5/h7,12,28H,2H2,1H3,(H2,17,19)(H,18,24)(H,26,27)/b22-6-/t7-,12-/m1/s1. The molecule has 4 rings (SSSR count). The van der Waals surface area contributed by atoms with Crippen molar-refractivity contribution >= 4 is 86.4 Å². The zero-order valence-corrected chi connectivity index (χ0v) is 19.8. The zero-order chi connectivity index (χ0) is 23.2. The third-order valence-electron chi connectivity index (χ3n) is 4.28. The van der Waals surface area contributed by atoms with Crippen molar-refractivity contribution in [1.82, 2.24) is 25.4 Å². The summed E-state index contributed by atoms with van der Waals surface area (Å²) in [5.41, 5.74) is 4.77. The number of nitrogen functional groups attached to an aromatic ring is 1. The highest BCUT2D eigenvalue weighted by Crippen LogP contribution is 2.45. The number of β-lactam (4-membered cyclic amide) rings is 1. The second kappa shape index (κ2) is 8.86. The number of carbonyl (C=O) groups excluding carboxylic acids is 2. The summed E-state index contributed by atoms with van der Waals surface area (Å²) in [6.07, 6.45) is 0. The molecular formula is C15H12ClN7O5S4. The fourth-order valence-corrected chi connectivity index (χ4v) is 7.35. The number of amides is 2. The van der Waals surface area contributed by atoms with Gasteiger partial charge in [-0.25, -0.2) is 9.78 Å². The van der Waals surface area contributed by atoms with Crippen molar-refractivity contribution in [3.05, 3.63) is 25.6 Å². The molecule has 0 saturated carbocycles. The Hall–Kier alpha value is -2.40. The van der Waals surface area contributed by atoms with Crippen molar-refractivity contribution in [3.63, 3.8) is 0 Å². The Morgan fingerprint density at radius 2 is 2.12 bits per heavy atom. The fraction of sp³-hybridized carbons (Fsp3) is 0.267. The summed E-state index contributed by atoms with van der Waals surface area (Å²) in [4.78, 5) is 42.7. The number of aliphatic carboxylic acids is 1. The van der Waals surface area contributed by atoms with Crippen LogP contribution in [-0.4, -0.2) is 71.1 Å². The van der Waals surface area contributed by atoms with Crippen LogP contribution in [0.1, 0.15) is 10.7 Å². The lowest BCUT2D eigenvalue weighted by Crippen LogP contribution is -2.71. The van der Waals surface area contributed by atoms with Crippen LogP contribution in [0.4, 0.5) is 5.13 Å². The van der Waals surface area contributed by atoms with E-state index in [1.165, 1.54) is 23.1 Å². The van der Waals surface area contributed by atoms with Gasteiger partial charge in [-0.15, -0.1) is 22.0 Å². The molecule has 1 saturated heterocycles. The minimum atomic E-state index is -1.26. The number of oxime groups is 1. The lowest BCUT2D eigenvalue weighted by atomic mass is 10.0. The number of aryl methyl sites for hydroxylation is 1. The average molecular weight is 534 g/mol. The highest BCUT2D eigenvalue weighted by molar-refractivity contribution is 8.07. The van der Waals surface area contributed by atoms with Gasteiger partial charge in [0.1, 0.15) is 32.2 Å². The normalized spacial score (nSPS) is 20.8. The van der Waals surface area contributed by atoms with E-state index in [9.17, 15) is 24.7 Å². The van der Waals surface area contributed by atoms with Crippen LogP contribution in [0.2, 0.25) is 4.34 Å². The molecule has 0 unspecified atom stereocenters. The molecule has 2 aromatic heterocycles. The van der Waals surface area contributed by atoms with E-state index in [-0.39, 0.29) is 20.9 Å². The number of hydrogen-bond donors (Lipinski definition) is 4. The number of thiazole rings is 1. The third kappa shape index (κ3) is 4.03. The Balaban J connectivity index is 1.53. The van der Waals surface area contributed by atoms with Crippen molar-refractivity contribution in [2.75, 3.05) is 11.5 Å². The zero-order valence-electron chi connectivity index (χ0n) is 15.8. The lowest BCUT2D eigenvalue weighted by molar-refractivity contribution is -0.150. The van der Waals surface area contributed by atoms with Crippen LogP contribution in [0.5, 0.6) is 0 Å². The Kier molecular flexibility index (Phi) is 6.30. The first-order chi connectivity index (χ1) is 15.2. The monoisotopic (exact) mass is 533 g/mol. The number of carboxylic acids is 1.